The number of aryl methyl sites for hydroxylation is 1. The van der Waals surface area contributed by atoms with Gasteiger partial charge in [-0.3, -0.25) is 0 Å². The third-order valence-electron chi connectivity index (χ3n) is 3.34. The molecule has 19 heavy (non-hydrogen) atoms. The van der Waals surface area contributed by atoms with Crippen LogP contribution in [0.1, 0.15) is 34.9 Å². The lowest BCUT2D eigenvalue weighted by Gasteiger charge is -2.20. The summed E-state index contributed by atoms with van der Waals surface area (Å²) in [5.41, 5.74) is 2.48. The van der Waals surface area contributed by atoms with Crippen LogP contribution in [0.25, 0.3) is 0 Å². The molecular formula is C16H15Cl2F. The molecule has 0 radical (unpaired) electrons. The summed E-state index contributed by atoms with van der Waals surface area (Å²) in [7, 11) is 0. The van der Waals surface area contributed by atoms with E-state index in [-0.39, 0.29) is 17.1 Å². The molecule has 2 atom stereocenters. The quantitative estimate of drug-likeness (QED) is 0.621. The minimum atomic E-state index is -0.301. The Morgan fingerprint density at radius 1 is 1.11 bits per heavy atom. The molecule has 2 unspecified atom stereocenters. The fourth-order valence-electron chi connectivity index (χ4n) is 2.09. The van der Waals surface area contributed by atoms with E-state index in [9.17, 15) is 4.39 Å². The predicted octanol–water partition coefficient (Wildman–Crippen LogP) is 5.87. The number of hydrogen-bond acceptors (Lipinski definition) is 0. The van der Waals surface area contributed by atoms with Crippen molar-refractivity contribution < 1.29 is 4.39 Å². The van der Waals surface area contributed by atoms with Gasteiger partial charge in [-0.05, 0) is 29.7 Å². The van der Waals surface area contributed by atoms with Gasteiger partial charge in [0, 0.05) is 10.9 Å². The van der Waals surface area contributed by atoms with E-state index in [1.165, 1.54) is 6.07 Å². The van der Waals surface area contributed by atoms with Crippen molar-refractivity contribution in [2.24, 2.45) is 0 Å². The van der Waals surface area contributed by atoms with E-state index in [4.69, 9.17) is 23.2 Å². The second-order valence-corrected chi connectivity index (χ2v) is 5.60. The van der Waals surface area contributed by atoms with E-state index in [1.54, 1.807) is 13.0 Å². The maximum absolute atomic E-state index is 13.4. The highest BCUT2D eigenvalue weighted by molar-refractivity contribution is 6.32. The minimum absolute atomic E-state index is 0.102. The van der Waals surface area contributed by atoms with Crippen LogP contribution in [0, 0.1) is 12.7 Å². The van der Waals surface area contributed by atoms with E-state index in [0.29, 0.717) is 10.6 Å². The summed E-state index contributed by atoms with van der Waals surface area (Å²) in [6.07, 6.45) is 0. The summed E-state index contributed by atoms with van der Waals surface area (Å²) in [5, 5.41) is 0.0973. The Labute approximate surface area is 123 Å². The van der Waals surface area contributed by atoms with Crippen LogP contribution in [0.2, 0.25) is 5.02 Å². The van der Waals surface area contributed by atoms with Gasteiger partial charge in [-0.15, -0.1) is 11.6 Å². The lowest BCUT2D eigenvalue weighted by molar-refractivity contribution is 0.616. The maximum Gasteiger partial charge on any atom is 0.127 e. The lowest BCUT2D eigenvalue weighted by Crippen LogP contribution is -2.04. The molecule has 2 aromatic carbocycles. The van der Waals surface area contributed by atoms with Gasteiger partial charge in [0.1, 0.15) is 5.82 Å². The van der Waals surface area contributed by atoms with Gasteiger partial charge in [0.25, 0.3) is 0 Å². The van der Waals surface area contributed by atoms with Gasteiger partial charge >= 0.3 is 0 Å². The topological polar surface area (TPSA) is 0 Å². The normalized spacial score (nSPS) is 14.2. The Morgan fingerprint density at radius 2 is 1.74 bits per heavy atom. The van der Waals surface area contributed by atoms with Crippen LogP contribution in [0.4, 0.5) is 4.39 Å². The summed E-state index contributed by atoms with van der Waals surface area (Å²) in [6.45, 7) is 3.76. The number of alkyl halides is 1. The van der Waals surface area contributed by atoms with E-state index in [1.807, 2.05) is 37.3 Å². The molecule has 0 heterocycles. The van der Waals surface area contributed by atoms with E-state index in [2.05, 4.69) is 0 Å². The summed E-state index contributed by atoms with van der Waals surface area (Å²) < 4.78 is 13.4. The fraction of sp³-hybridized carbons (Fsp3) is 0.250. The van der Waals surface area contributed by atoms with Crippen molar-refractivity contribution in [1.29, 1.82) is 0 Å². The highest BCUT2D eigenvalue weighted by Crippen LogP contribution is 2.39. The molecule has 0 N–H and O–H groups in total. The Bertz CT molecular complexity index is 566. The molecule has 100 valence electrons. The highest BCUT2D eigenvalue weighted by Gasteiger charge is 2.21. The Balaban J connectivity index is 2.34. The first-order valence-corrected chi connectivity index (χ1v) is 6.96. The molecule has 0 bridgehead atoms. The molecule has 0 amide bonds. The van der Waals surface area contributed by atoms with Crippen molar-refractivity contribution in [3.63, 3.8) is 0 Å². The van der Waals surface area contributed by atoms with E-state index < -0.39 is 0 Å². The SMILES string of the molecule is Cc1cc(C(Cl)C(C)c2ccccc2)c(Cl)cc1F. The molecule has 2 rings (SSSR count). The first-order valence-electron chi connectivity index (χ1n) is 6.15. The predicted molar refractivity (Wildman–Crippen MR) is 79.6 cm³/mol. The zero-order valence-electron chi connectivity index (χ0n) is 10.8. The van der Waals surface area contributed by atoms with Gasteiger partial charge in [-0.1, -0.05) is 54.9 Å². The van der Waals surface area contributed by atoms with Crippen LogP contribution in [0.15, 0.2) is 42.5 Å². The Hall–Kier alpha value is -1.05. The second kappa shape index (κ2) is 5.94. The highest BCUT2D eigenvalue weighted by atomic mass is 35.5. The summed E-state index contributed by atoms with van der Waals surface area (Å²) in [6, 6.07) is 13.1. The molecule has 0 nitrogen and oxygen atoms in total. The van der Waals surface area contributed by atoms with Crippen molar-refractivity contribution in [2.75, 3.05) is 0 Å². The first-order chi connectivity index (χ1) is 9.00. The third-order valence-corrected chi connectivity index (χ3v) is 4.28. The smallest absolute Gasteiger partial charge is 0.127 e. The first kappa shape index (κ1) is 14.4. The molecule has 0 fully saturated rings. The molecule has 2 aromatic rings. The molecule has 3 heteroatoms. The maximum atomic E-state index is 13.4. The number of halogens is 3. The summed E-state index contributed by atoms with van der Waals surface area (Å²) in [4.78, 5) is 0. The van der Waals surface area contributed by atoms with Crippen LogP contribution < -0.4 is 0 Å². The standard InChI is InChI=1S/C16H15Cl2F/c1-10-8-13(14(17)9-15(10)19)16(18)11(2)12-6-4-3-5-7-12/h3-9,11,16H,1-2H3. The molecule has 0 aromatic heterocycles. The summed E-state index contributed by atoms with van der Waals surface area (Å²) >= 11 is 12.6. The molecule has 0 aliphatic heterocycles. The van der Waals surface area contributed by atoms with Crippen LogP contribution in [-0.4, -0.2) is 0 Å². The number of rotatable bonds is 3. The van der Waals surface area contributed by atoms with Crippen molar-refractivity contribution in [2.45, 2.75) is 25.1 Å². The summed E-state index contributed by atoms with van der Waals surface area (Å²) in [5.74, 6) is -0.199. The zero-order chi connectivity index (χ0) is 14.0. The number of benzene rings is 2. The van der Waals surface area contributed by atoms with Gasteiger partial charge < -0.3 is 0 Å². The van der Waals surface area contributed by atoms with Gasteiger partial charge in [0.05, 0.1) is 5.38 Å². The monoisotopic (exact) mass is 296 g/mol. The molecule has 0 saturated carbocycles. The average molecular weight is 297 g/mol. The minimum Gasteiger partial charge on any atom is -0.207 e. The van der Waals surface area contributed by atoms with E-state index >= 15 is 0 Å². The fourth-order valence-corrected chi connectivity index (χ4v) is 2.74. The molecule has 0 aliphatic carbocycles. The Morgan fingerprint density at radius 3 is 2.37 bits per heavy atom. The van der Waals surface area contributed by atoms with Gasteiger partial charge in [0.2, 0.25) is 0 Å². The molecule has 0 saturated heterocycles. The largest absolute Gasteiger partial charge is 0.207 e. The van der Waals surface area contributed by atoms with Crippen molar-refractivity contribution in [1.82, 2.24) is 0 Å². The van der Waals surface area contributed by atoms with Crippen LogP contribution in [0.3, 0.4) is 0 Å². The third kappa shape index (κ3) is 3.10. The van der Waals surface area contributed by atoms with Crippen molar-refractivity contribution in [3.05, 3.63) is 70.0 Å². The Kier molecular flexibility index (Phi) is 4.49. The average Bonchev–Trinajstić information content (AvgIpc) is 2.42. The molecular weight excluding hydrogens is 282 g/mol. The lowest BCUT2D eigenvalue weighted by atomic mass is 9.92. The van der Waals surface area contributed by atoms with Crippen molar-refractivity contribution >= 4 is 23.2 Å². The van der Waals surface area contributed by atoms with Gasteiger partial charge in [0.15, 0.2) is 0 Å². The van der Waals surface area contributed by atoms with Crippen LogP contribution in [0.5, 0.6) is 0 Å². The van der Waals surface area contributed by atoms with Crippen molar-refractivity contribution in [3.8, 4) is 0 Å². The number of hydrogen-bond donors (Lipinski definition) is 0. The zero-order valence-corrected chi connectivity index (χ0v) is 12.3. The molecule has 0 aliphatic rings. The van der Waals surface area contributed by atoms with Crippen LogP contribution in [-0.2, 0) is 0 Å². The van der Waals surface area contributed by atoms with Gasteiger partial charge in [-0.2, -0.15) is 0 Å². The molecule has 0 spiro atoms. The van der Waals surface area contributed by atoms with E-state index in [0.717, 1.165) is 11.1 Å². The van der Waals surface area contributed by atoms with Gasteiger partial charge in [-0.25, -0.2) is 4.39 Å². The second-order valence-electron chi connectivity index (χ2n) is 4.72. The van der Waals surface area contributed by atoms with Crippen LogP contribution >= 0.6 is 23.2 Å².